The molecule has 2 rings (SSSR count). The molecule has 1 atom stereocenters. The molecule has 0 radical (unpaired) electrons. The lowest BCUT2D eigenvalue weighted by atomic mass is 9.98. The Morgan fingerprint density at radius 3 is 2.76 bits per heavy atom. The number of likely N-dealkylation sites (N-methyl/N-ethyl adjacent to an activating group) is 1. The van der Waals surface area contributed by atoms with Crippen LogP contribution in [-0.4, -0.2) is 65.8 Å². The van der Waals surface area contributed by atoms with Crippen molar-refractivity contribution < 1.29 is 9.59 Å². The normalized spacial score (nSPS) is 18.0. The number of hydrogen-bond donors (Lipinski definition) is 1. The average molecular weight is 347 g/mol. The number of aromatic nitrogens is 2. The van der Waals surface area contributed by atoms with E-state index in [1.165, 1.54) is 0 Å². The smallest absolute Gasteiger partial charge is 0.236 e. The van der Waals surface area contributed by atoms with Gasteiger partial charge in [0.15, 0.2) is 0 Å². The van der Waals surface area contributed by atoms with Gasteiger partial charge in [0.05, 0.1) is 18.3 Å². The van der Waals surface area contributed by atoms with E-state index in [0.717, 1.165) is 37.2 Å². The van der Waals surface area contributed by atoms with E-state index >= 15 is 0 Å². The van der Waals surface area contributed by atoms with Crippen molar-refractivity contribution >= 4 is 11.8 Å². The van der Waals surface area contributed by atoms with Gasteiger partial charge in [-0.3, -0.25) is 14.5 Å². The number of amides is 2. The van der Waals surface area contributed by atoms with Crippen LogP contribution in [0.15, 0.2) is 6.07 Å². The zero-order valence-corrected chi connectivity index (χ0v) is 15.7. The third kappa shape index (κ3) is 5.49. The molecular formula is C18H29N5O2. The maximum Gasteiger partial charge on any atom is 0.236 e. The fourth-order valence-electron chi connectivity index (χ4n) is 3.15. The summed E-state index contributed by atoms with van der Waals surface area (Å²) in [5.41, 5.74) is 1.85. The summed E-state index contributed by atoms with van der Waals surface area (Å²) in [7, 11) is 5.21. The van der Waals surface area contributed by atoms with Crippen LogP contribution < -0.4 is 5.32 Å². The number of rotatable bonds is 6. The minimum Gasteiger partial charge on any atom is -0.359 e. The number of nitrogens with zero attached hydrogens (tertiary/aromatic N) is 4. The minimum absolute atomic E-state index is 0.00804. The van der Waals surface area contributed by atoms with Gasteiger partial charge >= 0.3 is 0 Å². The molecule has 1 saturated heterocycles. The second kappa shape index (κ2) is 8.89. The van der Waals surface area contributed by atoms with E-state index in [4.69, 9.17) is 0 Å². The molecule has 0 unspecified atom stereocenters. The molecule has 0 bridgehead atoms. The molecule has 1 aromatic heterocycles. The highest BCUT2D eigenvalue weighted by atomic mass is 16.2. The Morgan fingerprint density at radius 2 is 2.08 bits per heavy atom. The van der Waals surface area contributed by atoms with Gasteiger partial charge in [0.1, 0.15) is 5.82 Å². The molecule has 25 heavy (non-hydrogen) atoms. The monoisotopic (exact) mass is 347 g/mol. The third-order valence-electron chi connectivity index (χ3n) is 4.59. The number of nitrogens with one attached hydrogen (secondary N) is 1. The van der Waals surface area contributed by atoms with Crippen LogP contribution in [0.5, 0.6) is 0 Å². The van der Waals surface area contributed by atoms with Gasteiger partial charge in [-0.15, -0.1) is 0 Å². The van der Waals surface area contributed by atoms with Crippen LogP contribution in [0.4, 0.5) is 0 Å². The van der Waals surface area contributed by atoms with Crippen LogP contribution in [0.3, 0.4) is 0 Å². The highest BCUT2D eigenvalue weighted by Crippen LogP contribution is 2.30. The van der Waals surface area contributed by atoms with Crippen molar-refractivity contribution in [1.29, 1.82) is 0 Å². The van der Waals surface area contributed by atoms with Gasteiger partial charge in [-0.1, -0.05) is 6.42 Å². The summed E-state index contributed by atoms with van der Waals surface area (Å²) >= 11 is 0. The lowest BCUT2D eigenvalue weighted by Gasteiger charge is -2.35. The summed E-state index contributed by atoms with van der Waals surface area (Å²) in [4.78, 5) is 36.6. The Morgan fingerprint density at radius 1 is 1.32 bits per heavy atom. The molecule has 1 aliphatic heterocycles. The highest BCUT2D eigenvalue weighted by Gasteiger charge is 2.27. The standard InChI is InChI=1S/C18H29N5O2/c1-13-20-14(8-9-17(24)19-2)11-15(21-13)16-7-5-6-10-23(16)12-18(25)22(3)4/h11,16H,5-10,12H2,1-4H3,(H,19,24)/t16-/m1/s1. The van der Waals surface area contributed by atoms with Crippen molar-refractivity contribution in [2.24, 2.45) is 0 Å². The van der Waals surface area contributed by atoms with E-state index in [2.05, 4.69) is 20.2 Å². The topological polar surface area (TPSA) is 78.4 Å². The first kappa shape index (κ1) is 19.3. The Bertz CT molecular complexity index is 617. The Balaban J connectivity index is 2.17. The summed E-state index contributed by atoms with van der Waals surface area (Å²) in [6, 6.07) is 2.14. The molecule has 2 amide bonds. The first-order valence-electron chi connectivity index (χ1n) is 8.90. The summed E-state index contributed by atoms with van der Waals surface area (Å²) in [6.45, 7) is 3.19. The van der Waals surface area contributed by atoms with Crippen LogP contribution in [0.1, 0.15) is 48.9 Å². The van der Waals surface area contributed by atoms with Crippen LogP contribution in [0, 0.1) is 6.92 Å². The molecule has 0 aromatic carbocycles. The Labute approximate surface area is 149 Å². The number of piperidine rings is 1. The fraction of sp³-hybridized carbons (Fsp3) is 0.667. The number of hydrogen-bond acceptors (Lipinski definition) is 5. The summed E-state index contributed by atoms with van der Waals surface area (Å²) in [5.74, 6) is 0.833. The minimum atomic E-state index is 0.00804. The summed E-state index contributed by atoms with van der Waals surface area (Å²) in [5, 5.41) is 2.63. The number of carbonyl (C=O) groups is 2. The number of carbonyl (C=O) groups excluding carboxylic acids is 2. The molecule has 138 valence electrons. The van der Waals surface area contributed by atoms with Crippen molar-refractivity contribution in [3.8, 4) is 0 Å². The predicted molar refractivity (Wildman–Crippen MR) is 96.0 cm³/mol. The van der Waals surface area contributed by atoms with Gasteiger partial charge < -0.3 is 10.2 Å². The van der Waals surface area contributed by atoms with Crippen LogP contribution in [-0.2, 0) is 16.0 Å². The van der Waals surface area contributed by atoms with Crippen LogP contribution >= 0.6 is 0 Å². The summed E-state index contributed by atoms with van der Waals surface area (Å²) < 4.78 is 0. The predicted octanol–water partition coefficient (Wildman–Crippen LogP) is 1.08. The molecule has 1 aliphatic rings. The maximum atomic E-state index is 12.1. The quantitative estimate of drug-likeness (QED) is 0.833. The van der Waals surface area contributed by atoms with E-state index in [-0.39, 0.29) is 17.9 Å². The van der Waals surface area contributed by atoms with Crippen LogP contribution in [0.2, 0.25) is 0 Å². The number of aryl methyl sites for hydroxylation is 2. The second-order valence-electron chi connectivity index (χ2n) is 6.77. The second-order valence-corrected chi connectivity index (χ2v) is 6.77. The maximum absolute atomic E-state index is 12.1. The zero-order chi connectivity index (χ0) is 18.4. The van der Waals surface area contributed by atoms with Crippen molar-refractivity contribution in [3.63, 3.8) is 0 Å². The molecule has 1 fully saturated rings. The van der Waals surface area contributed by atoms with Gasteiger partial charge in [-0.2, -0.15) is 0 Å². The first-order chi connectivity index (χ1) is 11.9. The molecule has 7 heteroatoms. The molecule has 7 nitrogen and oxygen atoms in total. The molecule has 1 aromatic rings. The molecule has 0 aliphatic carbocycles. The Kier molecular flexibility index (Phi) is 6.87. The number of likely N-dealkylation sites (tertiary alicyclic amines) is 1. The van der Waals surface area contributed by atoms with Gasteiger partial charge in [-0.25, -0.2) is 9.97 Å². The van der Waals surface area contributed by atoms with E-state index in [1.54, 1.807) is 26.0 Å². The van der Waals surface area contributed by atoms with Crippen LogP contribution in [0.25, 0.3) is 0 Å². The summed E-state index contributed by atoms with van der Waals surface area (Å²) in [6.07, 6.45) is 4.24. The molecular weight excluding hydrogens is 318 g/mol. The van der Waals surface area contributed by atoms with E-state index in [1.807, 2.05) is 13.0 Å². The van der Waals surface area contributed by atoms with Crippen molar-refractivity contribution in [1.82, 2.24) is 25.1 Å². The van der Waals surface area contributed by atoms with E-state index in [0.29, 0.717) is 25.2 Å². The van der Waals surface area contributed by atoms with E-state index < -0.39 is 0 Å². The fourth-order valence-corrected chi connectivity index (χ4v) is 3.15. The Hall–Kier alpha value is -2.02. The van der Waals surface area contributed by atoms with Crippen molar-refractivity contribution in [3.05, 3.63) is 23.3 Å². The van der Waals surface area contributed by atoms with E-state index in [9.17, 15) is 9.59 Å². The average Bonchev–Trinajstić information content (AvgIpc) is 2.59. The first-order valence-corrected chi connectivity index (χ1v) is 8.90. The van der Waals surface area contributed by atoms with Gasteiger partial charge in [0, 0.05) is 33.3 Å². The van der Waals surface area contributed by atoms with Crippen molar-refractivity contribution in [2.45, 2.75) is 45.1 Å². The lowest BCUT2D eigenvalue weighted by molar-refractivity contribution is -0.131. The highest BCUT2D eigenvalue weighted by molar-refractivity contribution is 5.77. The SMILES string of the molecule is CNC(=O)CCc1cc([C@H]2CCCCN2CC(=O)N(C)C)nc(C)n1. The largest absolute Gasteiger partial charge is 0.359 e. The van der Waals surface area contributed by atoms with Gasteiger partial charge in [-0.05, 0) is 38.8 Å². The van der Waals surface area contributed by atoms with Crippen molar-refractivity contribution in [2.75, 3.05) is 34.2 Å². The van der Waals surface area contributed by atoms with Gasteiger partial charge in [0.25, 0.3) is 0 Å². The van der Waals surface area contributed by atoms with Gasteiger partial charge in [0.2, 0.25) is 11.8 Å². The lowest BCUT2D eigenvalue weighted by Crippen LogP contribution is -2.41. The molecule has 1 N–H and O–H groups in total. The third-order valence-corrected chi connectivity index (χ3v) is 4.59. The molecule has 0 spiro atoms. The molecule has 0 saturated carbocycles. The zero-order valence-electron chi connectivity index (χ0n) is 15.7. The molecule has 2 heterocycles.